The van der Waals surface area contributed by atoms with Crippen molar-refractivity contribution in [3.63, 3.8) is 0 Å². The third-order valence-corrected chi connectivity index (χ3v) is 9.64. The van der Waals surface area contributed by atoms with Crippen LogP contribution in [0.4, 0.5) is 5.69 Å². The number of sulfonamides is 1. The van der Waals surface area contributed by atoms with E-state index in [4.69, 9.17) is 11.6 Å². The number of carbonyl (C=O) groups excluding carboxylic acids is 2. The largest absolute Gasteiger partial charge is 0.354 e. The molecular weight excluding hydrogens is 606 g/mol. The van der Waals surface area contributed by atoms with Gasteiger partial charge in [0, 0.05) is 24.5 Å². The van der Waals surface area contributed by atoms with Crippen LogP contribution in [-0.2, 0) is 39.0 Å². The summed E-state index contributed by atoms with van der Waals surface area (Å²) in [7, 11) is -4.16. The van der Waals surface area contributed by atoms with E-state index in [9.17, 15) is 18.0 Å². The van der Waals surface area contributed by atoms with Gasteiger partial charge in [-0.15, -0.1) is 0 Å². The highest BCUT2D eigenvalue weighted by molar-refractivity contribution is 7.92. The molecule has 0 heterocycles. The lowest BCUT2D eigenvalue weighted by Crippen LogP contribution is -2.53. The molecule has 0 fully saturated rings. The van der Waals surface area contributed by atoms with E-state index >= 15 is 0 Å². The van der Waals surface area contributed by atoms with E-state index in [2.05, 4.69) is 5.32 Å². The predicted octanol–water partition coefficient (Wildman–Crippen LogP) is 6.57. The Labute approximate surface area is 271 Å². The van der Waals surface area contributed by atoms with Gasteiger partial charge in [-0.25, -0.2) is 8.42 Å². The van der Waals surface area contributed by atoms with Gasteiger partial charge in [-0.3, -0.25) is 13.9 Å². The lowest BCUT2D eigenvalue weighted by atomic mass is 10.0. The Bertz CT molecular complexity index is 1680. The number of hydrogen-bond donors (Lipinski definition) is 1. The van der Waals surface area contributed by atoms with Crippen molar-refractivity contribution in [2.45, 2.75) is 57.5 Å². The van der Waals surface area contributed by atoms with Gasteiger partial charge in [-0.05, 0) is 66.8 Å². The zero-order valence-electron chi connectivity index (χ0n) is 25.9. The Kier molecular flexibility index (Phi) is 11.8. The molecule has 0 spiro atoms. The molecular formula is C36H40ClN3O4S. The molecule has 0 aromatic heterocycles. The van der Waals surface area contributed by atoms with Crippen molar-refractivity contribution >= 4 is 39.1 Å². The summed E-state index contributed by atoms with van der Waals surface area (Å²) >= 11 is 6.15. The fourth-order valence-electron chi connectivity index (χ4n) is 5.11. The molecule has 9 heteroatoms. The first-order valence-corrected chi connectivity index (χ1v) is 17.0. The monoisotopic (exact) mass is 645 g/mol. The molecule has 0 radical (unpaired) electrons. The summed E-state index contributed by atoms with van der Waals surface area (Å²) in [4.78, 5) is 29.9. The molecule has 4 rings (SSSR count). The van der Waals surface area contributed by atoms with Crippen LogP contribution < -0.4 is 9.62 Å². The average Bonchev–Trinajstić information content (AvgIpc) is 3.05. The van der Waals surface area contributed by atoms with E-state index in [0.717, 1.165) is 28.7 Å². The van der Waals surface area contributed by atoms with Crippen LogP contribution in [0.25, 0.3) is 0 Å². The van der Waals surface area contributed by atoms with Crippen molar-refractivity contribution in [2.75, 3.05) is 17.4 Å². The average molecular weight is 646 g/mol. The Balaban J connectivity index is 1.82. The van der Waals surface area contributed by atoms with E-state index in [1.54, 1.807) is 60.7 Å². The molecule has 0 saturated carbocycles. The maximum Gasteiger partial charge on any atom is 0.264 e. The van der Waals surface area contributed by atoms with Gasteiger partial charge in [0.15, 0.2) is 0 Å². The molecule has 0 aliphatic rings. The van der Waals surface area contributed by atoms with E-state index in [-0.39, 0.29) is 23.8 Å². The van der Waals surface area contributed by atoms with Crippen molar-refractivity contribution in [3.8, 4) is 0 Å². The zero-order valence-corrected chi connectivity index (χ0v) is 27.5. The molecule has 2 amide bonds. The number of nitrogens with zero attached hydrogens (tertiary/aromatic N) is 2. The number of halogens is 1. The van der Waals surface area contributed by atoms with Crippen LogP contribution in [0, 0.1) is 6.92 Å². The fourth-order valence-corrected chi connectivity index (χ4v) is 6.69. The maximum atomic E-state index is 14.6. The summed E-state index contributed by atoms with van der Waals surface area (Å²) in [5, 5.41) is 3.51. The molecule has 0 aliphatic heterocycles. The van der Waals surface area contributed by atoms with Crippen LogP contribution in [0.15, 0.2) is 108 Å². The number of benzene rings is 4. The number of nitrogens with one attached hydrogen (secondary N) is 1. The van der Waals surface area contributed by atoms with Crippen LogP contribution >= 0.6 is 11.6 Å². The molecule has 236 valence electrons. The van der Waals surface area contributed by atoms with Crippen LogP contribution in [0.1, 0.15) is 42.5 Å². The van der Waals surface area contributed by atoms with Gasteiger partial charge in [-0.2, -0.15) is 0 Å². The molecule has 1 atom stereocenters. The number of para-hydroxylation sites is 1. The van der Waals surface area contributed by atoms with E-state index in [1.807, 2.05) is 63.2 Å². The SMILES string of the molecule is CCCNC(=O)[C@H](Cc1ccccc1)N(Cc1ccc(Cl)cc1)C(=O)CN(c1ccccc1CC)S(=O)(=O)c1ccc(C)cc1. The Morgan fingerprint density at radius 1 is 0.822 bits per heavy atom. The number of hydrogen-bond acceptors (Lipinski definition) is 4. The standard InChI is InChI=1S/C36H40ClN3O4S/c1-4-23-38-36(42)34(24-28-11-7-6-8-12-28)39(25-29-17-19-31(37)20-18-29)35(41)26-40(33-14-10-9-13-30(33)5-2)45(43,44)32-21-15-27(3)16-22-32/h6-22,34H,4-5,23-26H2,1-3H3,(H,38,42)/t34-/m0/s1. The first kappa shape index (κ1) is 33.7. The van der Waals surface area contributed by atoms with Gasteiger partial charge >= 0.3 is 0 Å². The number of aryl methyl sites for hydroxylation is 2. The number of amides is 2. The summed E-state index contributed by atoms with van der Waals surface area (Å²) in [6.07, 6.45) is 1.55. The molecule has 4 aromatic rings. The maximum absolute atomic E-state index is 14.6. The van der Waals surface area contributed by atoms with Crippen molar-refractivity contribution in [1.29, 1.82) is 0 Å². The molecule has 0 aliphatic carbocycles. The van der Waals surface area contributed by atoms with Crippen LogP contribution in [-0.4, -0.2) is 44.3 Å². The van der Waals surface area contributed by atoms with Crippen molar-refractivity contribution in [3.05, 3.63) is 130 Å². The van der Waals surface area contributed by atoms with Gasteiger partial charge in [0.25, 0.3) is 10.0 Å². The van der Waals surface area contributed by atoms with Crippen LogP contribution in [0.5, 0.6) is 0 Å². The van der Waals surface area contributed by atoms with Crippen molar-refractivity contribution < 1.29 is 18.0 Å². The Hall–Kier alpha value is -4.14. The van der Waals surface area contributed by atoms with Crippen molar-refractivity contribution in [2.24, 2.45) is 0 Å². The zero-order chi connectivity index (χ0) is 32.4. The number of anilines is 1. The first-order valence-electron chi connectivity index (χ1n) is 15.2. The number of rotatable bonds is 14. The minimum Gasteiger partial charge on any atom is -0.354 e. The van der Waals surface area contributed by atoms with E-state index in [0.29, 0.717) is 23.7 Å². The highest BCUT2D eigenvalue weighted by Crippen LogP contribution is 2.29. The molecule has 1 N–H and O–H groups in total. The van der Waals surface area contributed by atoms with Gasteiger partial charge < -0.3 is 10.2 Å². The third-order valence-electron chi connectivity index (χ3n) is 7.62. The lowest BCUT2D eigenvalue weighted by Gasteiger charge is -2.34. The summed E-state index contributed by atoms with van der Waals surface area (Å²) in [5.74, 6) is -0.802. The minimum atomic E-state index is -4.16. The highest BCUT2D eigenvalue weighted by atomic mass is 35.5. The molecule has 0 unspecified atom stereocenters. The topological polar surface area (TPSA) is 86.8 Å². The number of carbonyl (C=O) groups is 2. The summed E-state index contributed by atoms with van der Waals surface area (Å²) in [6.45, 7) is 5.83. The predicted molar refractivity (Wildman–Crippen MR) is 181 cm³/mol. The van der Waals surface area contributed by atoms with Gasteiger partial charge in [0.05, 0.1) is 10.6 Å². The minimum absolute atomic E-state index is 0.0811. The summed E-state index contributed by atoms with van der Waals surface area (Å²) < 4.78 is 29.7. The van der Waals surface area contributed by atoms with E-state index < -0.39 is 28.5 Å². The van der Waals surface area contributed by atoms with Crippen LogP contribution in [0.3, 0.4) is 0 Å². The molecule has 0 saturated heterocycles. The Morgan fingerprint density at radius 2 is 1.47 bits per heavy atom. The lowest BCUT2D eigenvalue weighted by molar-refractivity contribution is -0.140. The summed E-state index contributed by atoms with van der Waals surface area (Å²) in [5.41, 5.74) is 3.77. The third kappa shape index (κ3) is 8.74. The molecule has 7 nitrogen and oxygen atoms in total. The summed E-state index contributed by atoms with van der Waals surface area (Å²) in [6, 6.07) is 29.4. The normalized spacial score (nSPS) is 11.9. The van der Waals surface area contributed by atoms with Crippen molar-refractivity contribution in [1.82, 2.24) is 10.2 Å². The Morgan fingerprint density at radius 3 is 2.11 bits per heavy atom. The quantitative estimate of drug-likeness (QED) is 0.168. The molecule has 4 aromatic carbocycles. The van der Waals surface area contributed by atoms with E-state index in [1.165, 1.54) is 9.21 Å². The second-order valence-corrected chi connectivity index (χ2v) is 13.3. The van der Waals surface area contributed by atoms with Crippen LogP contribution in [0.2, 0.25) is 5.02 Å². The second-order valence-electron chi connectivity index (χ2n) is 11.0. The molecule has 45 heavy (non-hydrogen) atoms. The fraction of sp³-hybridized carbons (Fsp3) is 0.278. The van der Waals surface area contributed by atoms with Gasteiger partial charge in [-0.1, -0.05) is 104 Å². The highest BCUT2D eigenvalue weighted by Gasteiger charge is 2.35. The van der Waals surface area contributed by atoms with Gasteiger partial charge in [0.1, 0.15) is 12.6 Å². The van der Waals surface area contributed by atoms with Gasteiger partial charge in [0.2, 0.25) is 11.8 Å². The smallest absolute Gasteiger partial charge is 0.264 e. The molecule has 0 bridgehead atoms. The first-order chi connectivity index (χ1) is 21.6. The second kappa shape index (κ2) is 15.7.